The van der Waals surface area contributed by atoms with Gasteiger partial charge >= 0.3 is 0 Å². The molecule has 0 unspecified atom stereocenters. The number of rotatable bonds is 2. The van der Waals surface area contributed by atoms with Crippen molar-refractivity contribution in [1.82, 2.24) is 0 Å². The summed E-state index contributed by atoms with van der Waals surface area (Å²) in [6, 6.07) is 0.565. The van der Waals surface area contributed by atoms with Crippen molar-refractivity contribution < 1.29 is 0 Å². The molecular weight excluding hydrogens is 148 g/mol. The molecule has 0 bridgehead atoms. The highest BCUT2D eigenvalue weighted by Gasteiger charge is 2.10. The molecule has 12 heavy (non-hydrogen) atoms. The third-order valence-electron chi connectivity index (χ3n) is 2.30. The van der Waals surface area contributed by atoms with Crippen molar-refractivity contribution in [1.29, 1.82) is 0 Å². The Kier molecular flexibility index (Phi) is 3.85. The molecule has 0 aromatic carbocycles. The maximum absolute atomic E-state index is 5.27. The van der Waals surface area contributed by atoms with E-state index in [1.165, 1.54) is 32.1 Å². The van der Waals surface area contributed by atoms with E-state index >= 15 is 0 Å². The second-order valence-corrected chi connectivity index (χ2v) is 3.42. The van der Waals surface area contributed by atoms with Gasteiger partial charge in [-0.25, -0.2) is 0 Å². The number of aliphatic imine (C=N–C) groups is 1. The molecule has 1 saturated carbocycles. The molecule has 1 fully saturated rings. The van der Waals surface area contributed by atoms with Crippen molar-refractivity contribution in [2.24, 2.45) is 10.7 Å². The van der Waals surface area contributed by atoms with Gasteiger partial charge in [-0.2, -0.15) is 0 Å². The van der Waals surface area contributed by atoms with Gasteiger partial charge in [-0.1, -0.05) is 19.3 Å². The number of nitrogens with zero attached hydrogens (tertiary/aromatic N) is 1. The first kappa shape index (κ1) is 9.30. The number of hydrogen-bond acceptors (Lipinski definition) is 2. The van der Waals surface area contributed by atoms with Gasteiger partial charge in [-0.3, -0.25) is 4.99 Å². The normalized spacial score (nSPS) is 21.9. The van der Waals surface area contributed by atoms with E-state index in [9.17, 15) is 0 Å². The summed E-state index contributed by atoms with van der Waals surface area (Å²) in [6.45, 7) is 2.01. The maximum Gasteiger partial charge on any atom is 0.0502 e. The number of allylic oxidation sites excluding steroid dienone is 1. The topological polar surface area (TPSA) is 38.4 Å². The van der Waals surface area contributed by atoms with Crippen molar-refractivity contribution in [3.8, 4) is 0 Å². The zero-order valence-electron chi connectivity index (χ0n) is 7.79. The zero-order valence-corrected chi connectivity index (χ0v) is 7.79. The van der Waals surface area contributed by atoms with Gasteiger partial charge < -0.3 is 5.73 Å². The van der Waals surface area contributed by atoms with Crippen molar-refractivity contribution >= 4 is 5.71 Å². The fourth-order valence-electron chi connectivity index (χ4n) is 1.68. The molecule has 0 aromatic heterocycles. The predicted molar refractivity (Wildman–Crippen MR) is 53.3 cm³/mol. The second kappa shape index (κ2) is 4.96. The Labute approximate surface area is 74.6 Å². The molecule has 2 nitrogen and oxygen atoms in total. The monoisotopic (exact) mass is 166 g/mol. The third kappa shape index (κ3) is 3.07. The van der Waals surface area contributed by atoms with E-state index in [0.717, 1.165) is 5.71 Å². The Morgan fingerprint density at radius 3 is 2.58 bits per heavy atom. The lowest BCUT2D eigenvalue weighted by atomic mass is 9.96. The van der Waals surface area contributed by atoms with Crippen LogP contribution in [0.4, 0.5) is 0 Å². The van der Waals surface area contributed by atoms with Crippen LogP contribution < -0.4 is 5.73 Å². The third-order valence-corrected chi connectivity index (χ3v) is 2.30. The lowest BCUT2D eigenvalue weighted by Gasteiger charge is -2.17. The van der Waals surface area contributed by atoms with E-state index < -0.39 is 0 Å². The predicted octanol–water partition coefficient (Wildman–Crippen LogP) is 2.25. The molecule has 0 radical (unpaired) electrons. The average Bonchev–Trinajstić information content (AvgIpc) is 2.06. The standard InChI is InChI=1S/C10H18N2/c1-9(7-8-11)12-10-5-3-2-4-6-10/h7-8,10H,2-6,11H2,1H3. The Morgan fingerprint density at radius 1 is 1.33 bits per heavy atom. The summed E-state index contributed by atoms with van der Waals surface area (Å²) in [5.74, 6) is 0. The van der Waals surface area contributed by atoms with E-state index in [1.807, 2.05) is 13.0 Å². The van der Waals surface area contributed by atoms with Crippen molar-refractivity contribution in [2.45, 2.75) is 45.1 Å². The summed E-state index contributed by atoms with van der Waals surface area (Å²) >= 11 is 0. The lowest BCUT2D eigenvalue weighted by molar-refractivity contribution is 0.443. The van der Waals surface area contributed by atoms with Crippen LogP contribution in [0.15, 0.2) is 17.3 Å². The van der Waals surface area contributed by atoms with E-state index in [-0.39, 0.29) is 0 Å². The largest absolute Gasteiger partial charge is 0.405 e. The zero-order chi connectivity index (χ0) is 8.81. The first-order valence-electron chi connectivity index (χ1n) is 4.75. The minimum absolute atomic E-state index is 0.565. The molecule has 0 atom stereocenters. The van der Waals surface area contributed by atoms with Gasteiger partial charge in [0.25, 0.3) is 0 Å². The summed E-state index contributed by atoms with van der Waals surface area (Å²) in [6.07, 6.45) is 10.0. The Morgan fingerprint density at radius 2 is 2.00 bits per heavy atom. The van der Waals surface area contributed by atoms with Crippen LogP contribution in [0.2, 0.25) is 0 Å². The molecule has 0 spiro atoms. The van der Waals surface area contributed by atoms with Crippen LogP contribution >= 0.6 is 0 Å². The molecule has 1 rings (SSSR count). The van der Waals surface area contributed by atoms with Crippen molar-refractivity contribution in [2.75, 3.05) is 0 Å². The summed E-state index contributed by atoms with van der Waals surface area (Å²) < 4.78 is 0. The minimum atomic E-state index is 0.565. The average molecular weight is 166 g/mol. The molecule has 0 aliphatic heterocycles. The molecule has 2 N–H and O–H groups in total. The fraction of sp³-hybridized carbons (Fsp3) is 0.700. The Bertz CT molecular complexity index is 176. The number of nitrogens with two attached hydrogens (primary N) is 1. The van der Waals surface area contributed by atoms with Crippen LogP contribution in [-0.4, -0.2) is 11.8 Å². The van der Waals surface area contributed by atoms with Crippen LogP contribution in [0, 0.1) is 0 Å². The summed E-state index contributed by atoms with van der Waals surface area (Å²) in [5, 5.41) is 0. The molecule has 0 aromatic rings. The first-order chi connectivity index (χ1) is 5.83. The van der Waals surface area contributed by atoms with Gasteiger partial charge in [0, 0.05) is 5.71 Å². The molecule has 0 saturated heterocycles. The van der Waals surface area contributed by atoms with Crippen LogP contribution in [0.1, 0.15) is 39.0 Å². The van der Waals surface area contributed by atoms with Gasteiger partial charge in [0.2, 0.25) is 0 Å². The Balaban J connectivity index is 2.41. The fourth-order valence-corrected chi connectivity index (χ4v) is 1.68. The molecule has 68 valence electrons. The maximum atomic E-state index is 5.27. The molecule has 2 heteroatoms. The summed E-state index contributed by atoms with van der Waals surface area (Å²) in [5.41, 5.74) is 6.33. The van der Waals surface area contributed by atoms with Crippen LogP contribution in [0.3, 0.4) is 0 Å². The minimum Gasteiger partial charge on any atom is -0.405 e. The van der Waals surface area contributed by atoms with Crippen LogP contribution in [0.25, 0.3) is 0 Å². The SMILES string of the molecule is CC(C=CN)=NC1CCCCC1. The highest BCUT2D eigenvalue weighted by molar-refractivity contribution is 5.92. The van der Waals surface area contributed by atoms with Gasteiger partial charge in [-0.15, -0.1) is 0 Å². The smallest absolute Gasteiger partial charge is 0.0502 e. The van der Waals surface area contributed by atoms with Crippen LogP contribution in [-0.2, 0) is 0 Å². The molecule has 0 heterocycles. The van der Waals surface area contributed by atoms with Gasteiger partial charge in [0.05, 0.1) is 6.04 Å². The number of hydrogen-bond donors (Lipinski definition) is 1. The van der Waals surface area contributed by atoms with E-state index in [4.69, 9.17) is 5.73 Å². The van der Waals surface area contributed by atoms with Crippen molar-refractivity contribution in [3.05, 3.63) is 12.3 Å². The quantitative estimate of drug-likeness (QED) is 0.628. The van der Waals surface area contributed by atoms with Gasteiger partial charge in [-0.05, 0) is 32.0 Å². The summed E-state index contributed by atoms with van der Waals surface area (Å²) in [4.78, 5) is 4.58. The van der Waals surface area contributed by atoms with Crippen LogP contribution in [0.5, 0.6) is 0 Å². The van der Waals surface area contributed by atoms with E-state index in [2.05, 4.69) is 4.99 Å². The highest BCUT2D eigenvalue weighted by Crippen LogP contribution is 2.20. The van der Waals surface area contributed by atoms with E-state index in [0.29, 0.717) is 6.04 Å². The van der Waals surface area contributed by atoms with Gasteiger partial charge in [0.1, 0.15) is 0 Å². The Hall–Kier alpha value is -0.790. The molecule has 1 aliphatic rings. The van der Waals surface area contributed by atoms with Crippen molar-refractivity contribution in [3.63, 3.8) is 0 Å². The highest BCUT2D eigenvalue weighted by atomic mass is 14.8. The van der Waals surface area contributed by atoms with E-state index in [1.54, 1.807) is 6.20 Å². The molecular formula is C10H18N2. The molecule has 1 aliphatic carbocycles. The lowest BCUT2D eigenvalue weighted by Crippen LogP contribution is -2.11. The summed E-state index contributed by atoms with van der Waals surface area (Å²) in [7, 11) is 0. The van der Waals surface area contributed by atoms with Gasteiger partial charge in [0.15, 0.2) is 0 Å². The molecule has 0 amide bonds. The first-order valence-corrected chi connectivity index (χ1v) is 4.75. The second-order valence-electron chi connectivity index (χ2n) is 3.42.